The summed E-state index contributed by atoms with van der Waals surface area (Å²) >= 11 is 0. The van der Waals surface area contributed by atoms with Gasteiger partial charge in [0, 0.05) is 13.5 Å². The molecule has 1 N–H and O–H groups in total. The van der Waals surface area contributed by atoms with Crippen LogP contribution in [-0.4, -0.2) is 38.1 Å². The largest absolute Gasteiger partial charge is 0.494 e. The molecule has 1 aliphatic rings. The maximum absolute atomic E-state index is 12.9. The summed E-state index contributed by atoms with van der Waals surface area (Å²) < 4.78 is 11.5. The Hall–Kier alpha value is -3.02. The highest BCUT2D eigenvalue weighted by Crippen LogP contribution is 2.33. The van der Waals surface area contributed by atoms with E-state index in [0.29, 0.717) is 30.9 Å². The lowest BCUT2D eigenvalue weighted by molar-refractivity contribution is -0.128. The third-order valence-corrected chi connectivity index (χ3v) is 5.14. The first-order chi connectivity index (χ1) is 14.3. The van der Waals surface area contributed by atoms with Gasteiger partial charge in [0.05, 0.1) is 18.8 Å². The molecule has 0 fully saturated rings. The highest BCUT2D eigenvalue weighted by Gasteiger charge is 2.32. The Morgan fingerprint density at radius 2 is 1.83 bits per heavy atom. The van der Waals surface area contributed by atoms with E-state index in [-0.39, 0.29) is 23.8 Å². The minimum atomic E-state index is -0.716. The number of fused-ring (bicyclic) bond motifs is 1. The first kappa shape index (κ1) is 21.7. The van der Waals surface area contributed by atoms with Crippen molar-refractivity contribution >= 4 is 17.5 Å². The number of carbonyl (C=O) groups is 2. The first-order valence-electron chi connectivity index (χ1n) is 10.3. The smallest absolute Gasteiger partial charge is 0.262 e. The molecule has 0 bridgehead atoms. The lowest BCUT2D eigenvalue weighted by Crippen LogP contribution is -2.50. The van der Waals surface area contributed by atoms with Crippen molar-refractivity contribution < 1.29 is 19.1 Å². The number of hydrogen-bond donors (Lipinski definition) is 1. The summed E-state index contributed by atoms with van der Waals surface area (Å²) in [6.07, 6.45) is 0.199. The number of hydrogen-bond acceptors (Lipinski definition) is 4. The van der Waals surface area contributed by atoms with E-state index in [1.807, 2.05) is 30.3 Å². The molecule has 6 heteroatoms. The molecule has 1 aliphatic heterocycles. The summed E-state index contributed by atoms with van der Waals surface area (Å²) in [6, 6.07) is 15.4. The number of amides is 2. The molecule has 0 unspecified atom stereocenters. The van der Waals surface area contributed by atoms with E-state index < -0.39 is 6.10 Å². The Labute approximate surface area is 178 Å². The van der Waals surface area contributed by atoms with Gasteiger partial charge in [0.25, 0.3) is 5.91 Å². The van der Waals surface area contributed by atoms with Crippen molar-refractivity contribution in [2.45, 2.75) is 45.1 Å². The van der Waals surface area contributed by atoms with Gasteiger partial charge in [0.15, 0.2) is 6.10 Å². The molecule has 2 aromatic rings. The van der Waals surface area contributed by atoms with Crippen molar-refractivity contribution in [3.05, 3.63) is 54.1 Å². The van der Waals surface area contributed by atoms with Crippen molar-refractivity contribution in [1.82, 2.24) is 5.32 Å². The van der Waals surface area contributed by atoms with Gasteiger partial charge in [-0.2, -0.15) is 0 Å². The molecule has 1 atom stereocenters. The Kier molecular flexibility index (Phi) is 6.65. The van der Waals surface area contributed by atoms with Crippen molar-refractivity contribution in [3.63, 3.8) is 0 Å². The lowest BCUT2D eigenvalue weighted by atomic mass is 9.87. The fourth-order valence-electron chi connectivity index (χ4n) is 3.37. The molecular weight excluding hydrogens is 380 g/mol. The highest BCUT2D eigenvalue weighted by molar-refractivity contribution is 5.97. The van der Waals surface area contributed by atoms with Crippen LogP contribution in [0.3, 0.4) is 0 Å². The summed E-state index contributed by atoms with van der Waals surface area (Å²) in [7, 11) is 1.56. The van der Waals surface area contributed by atoms with Gasteiger partial charge in [-0.25, -0.2) is 0 Å². The second-order valence-corrected chi connectivity index (χ2v) is 8.42. The average Bonchev–Trinajstić information content (AvgIpc) is 2.74. The maximum Gasteiger partial charge on any atom is 0.262 e. The van der Waals surface area contributed by atoms with Crippen LogP contribution < -0.4 is 19.7 Å². The molecule has 0 radical (unpaired) electrons. The molecular formula is C24H30N2O4. The van der Waals surface area contributed by atoms with Crippen molar-refractivity contribution in [2.75, 3.05) is 25.1 Å². The van der Waals surface area contributed by atoms with Crippen LogP contribution in [0.5, 0.6) is 11.5 Å². The highest BCUT2D eigenvalue weighted by atomic mass is 16.5. The zero-order chi connectivity index (χ0) is 21.7. The first-order valence-corrected chi connectivity index (χ1v) is 10.3. The Bertz CT molecular complexity index is 887. The number of rotatable bonds is 6. The number of carbonyl (C=O) groups excluding carboxylic acids is 2. The van der Waals surface area contributed by atoms with Crippen LogP contribution in [0.25, 0.3) is 0 Å². The van der Waals surface area contributed by atoms with Gasteiger partial charge in [-0.1, -0.05) is 45.0 Å². The minimum Gasteiger partial charge on any atom is -0.494 e. The van der Waals surface area contributed by atoms with Gasteiger partial charge in [-0.15, -0.1) is 0 Å². The van der Waals surface area contributed by atoms with Crippen LogP contribution in [-0.2, 0) is 15.0 Å². The topological polar surface area (TPSA) is 67.9 Å². The second kappa shape index (κ2) is 9.20. The number of nitrogens with one attached hydrogen (secondary N) is 1. The minimum absolute atomic E-state index is 0.0497. The van der Waals surface area contributed by atoms with Crippen molar-refractivity contribution in [1.29, 1.82) is 0 Å². The van der Waals surface area contributed by atoms with Crippen LogP contribution in [0.4, 0.5) is 5.69 Å². The number of likely N-dealkylation sites (N-methyl/N-ethyl adjacent to an activating group) is 1. The summed E-state index contributed by atoms with van der Waals surface area (Å²) in [6.45, 7) is 7.17. The van der Waals surface area contributed by atoms with Crippen LogP contribution in [0.1, 0.15) is 39.2 Å². The van der Waals surface area contributed by atoms with E-state index in [9.17, 15) is 9.59 Å². The predicted molar refractivity (Wildman–Crippen MR) is 117 cm³/mol. The number of ether oxygens (including phenoxy) is 2. The number of para-hydroxylation sites is 2. The van der Waals surface area contributed by atoms with Gasteiger partial charge < -0.3 is 19.7 Å². The summed E-state index contributed by atoms with van der Waals surface area (Å²) in [5.41, 5.74) is 2.05. The molecule has 3 rings (SSSR count). The molecule has 2 aromatic carbocycles. The van der Waals surface area contributed by atoms with Crippen molar-refractivity contribution in [2.24, 2.45) is 0 Å². The SMILES string of the molecule is CNC(=O)[C@H]1CN(C(=O)CCCOc2ccc(C(C)(C)C)cc2)c2ccccc2O1. The predicted octanol–water partition coefficient (Wildman–Crippen LogP) is 3.68. The van der Waals surface area contributed by atoms with Crippen LogP contribution in [0, 0.1) is 0 Å². The number of benzene rings is 2. The third kappa shape index (κ3) is 5.12. The third-order valence-electron chi connectivity index (χ3n) is 5.14. The fourth-order valence-corrected chi connectivity index (χ4v) is 3.37. The second-order valence-electron chi connectivity index (χ2n) is 8.42. The van der Waals surface area contributed by atoms with Crippen LogP contribution in [0.15, 0.2) is 48.5 Å². The molecule has 0 spiro atoms. The Morgan fingerprint density at radius 1 is 1.13 bits per heavy atom. The monoisotopic (exact) mass is 410 g/mol. The van der Waals surface area contributed by atoms with Gasteiger partial charge in [-0.05, 0) is 41.7 Å². The molecule has 0 aliphatic carbocycles. The normalized spacial score (nSPS) is 15.7. The van der Waals surface area contributed by atoms with E-state index in [1.165, 1.54) is 5.56 Å². The molecule has 1 heterocycles. The molecule has 2 amide bonds. The quantitative estimate of drug-likeness (QED) is 0.738. The van der Waals surface area contributed by atoms with Gasteiger partial charge in [0.1, 0.15) is 11.5 Å². The zero-order valence-corrected chi connectivity index (χ0v) is 18.1. The van der Waals surface area contributed by atoms with Crippen LogP contribution >= 0.6 is 0 Å². The number of nitrogens with zero attached hydrogens (tertiary/aromatic N) is 1. The Balaban J connectivity index is 1.56. The number of anilines is 1. The average molecular weight is 411 g/mol. The molecule has 0 saturated carbocycles. The summed E-state index contributed by atoms with van der Waals surface area (Å²) in [5, 5.41) is 2.59. The van der Waals surface area contributed by atoms with Crippen LogP contribution in [0.2, 0.25) is 0 Å². The van der Waals surface area contributed by atoms with Gasteiger partial charge >= 0.3 is 0 Å². The Morgan fingerprint density at radius 3 is 2.50 bits per heavy atom. The summed E-state index contributed by atoms with van der Waals surface area (Å²) in [5.74, 6) is 1.04. The molecule has 0 aromatic heterocycles. The van der Waals surface area contributed by atoms with E-state index >= 15 is 0 Å². The van der Waals surface area contributed by atoms with Gasteiger partial charge in [-0.3, -0.25) is 9.59 Å². The molecule has 160 valence electrons. The molecule has 0 saturated heterocycles. The molecule has 6 nitrogen and oxygen atoms in total. The maximum atomic E-state index is 12.9. The zero-order valence-electron chi connectivity index (χ0n) is 18.1. The standard InChI is InChI=1S/C24H30N2O4/c1-24(2,3)17-11-13-18(14-12-17)29-15-7-10-22(27)26-16-21(23(28)25-4)30-20-9-6-5-8-19(20)26/h5-6,8-9,11-14,21H,7,10,15-16H2,1-4H3,(H,25,28)/t21-/m1/s1. The van der Waals surface area contributed by atoms with Gasteiger partial charge in [0.2, 0.25) is 5.91 Å². The lowest BCUT2D eigenvalue weighted by Gasteiger charge is -2.34. The van der Waals surface area contributed by atoms with Crippen molar-refractivity contribution in [3.8, 4) is 11.5 Å². The van der Waals surface area contributed by atoms with E-state index in [0.717, 1.165) is 5.75 Å². The van der Waals surface area contributed by atoms with E-state index in [4.69, 9.17) is 9.47 Å². The summed E-state index contributed by atoms with van der Waals surface area (Å²) in [4.78, 5) is 26.6. The van der Waals surface area contributed by atoms with E-state index in [2.05, 4.69) is 38.2 Å². The molecule has 30 heavy (non-hydrogen) atoms. The van der Waals surface area contributed by atoms with E-state index in [1.54, 1.807) is 18.0 Å². The fraction of sp³-hybridized carbons (Fsp3) is 0.417.